The predicted molar refractivity (Wildman–Crippen MR) is 102 cm³/mol. The van der Waals surface area contributed by atoms with E-state index in [0.717, 1.165) is 30.6 Å². The van der Waals surface area contributed by atoms with E-state index in [9.17, 15) is 14.4 Å². The average Bonchev–Trinajstić information content (AvgIpc) is 3.12. The van der Waals surface area contributed by atoms with Crippen molar-refractivity contribution in [1.29, 1.82) is 0 Å². The lowest BCUT2D eigenvalue weighted by Crippen LogP contribution is -2.52. The van der Waals surface area contributed by atoms with Gasteiger partial charge in [0.25, 0.3) is 5.91 Å². The average molecular weight is 382 g/mol. The number of hydrogen-bond donors (Lipinski definition) is 2. The molecular weight excluding hydrogens is 356 g/mol. The van der Waals surface area contributed by atoms with Crippen LogP contribution in [-0.4, -0.2) is 51.7 Å². The standard InChI is InChI=1S/C21H26N4O3/c22-15-9-21(6-1-7-21)24(12-15)10-13-2-3-14-11-25(20(28)16(14)8-13)17-4-5-18(26)23-19(17)27/h2-3,8,15,17H,1,4-7,9-12,22H2,(H,23,26,27). The van der Waals surface area contributed by atoms with Crippen LogP contribution in [0.25, 0.3) is 0 Å². The van der Waals surface area contributed by atoms with Gasteiger partial charge in [0.1, 0.15) is 6.04 Å². The quantitative estimate of drug-likeness (QED) is 0.758. The Labute approximate surface area is 164 Å². The van der Waals surface area contributed by atoms with Crippen molar-refractivity contribution in [2.45, 2.75) is 69.2 Å². The first-order valence-corrected chi connectivity index (χ1v) is 10.2. The largest absolute Gasteiger partial charge is 0.326 e. The number of imide groups is 1. The van der Waals surface area contributed by atoms with Crippen LogP contribution in [0.4, 0.5) is 0 Å². The van der Waals surface area contributed by atoms with Crippen LogP contribution in [0, 0.1) is 0 Å². The molecule has 1 aromatic rings. The number of nitrogens with two attached hydrogens (primary N) is 1. The Morgan fingerprint density at radius 1 is 1.21 bits per heavy atom. The molecule has 0 radical (unpaired) electrons. The molecule has 148 valence electrons. The number of piperidine rings is 1. The first-order valence-electron chi connectivity index (χ1n) is 10.2. The van der Waals surface area contributed by atoms with Crippen LogP contribution in [0.3, 0.4) is 0 Å². The maximum atomic E-state index is 13.0. The molecule has 4 aliphatic rings. The van der Waals surface area contributed by atoms with E-state index in [4.69, 9.17) is 5.73 Å². The molecule has 0 bridgehead atoms. The van der Waals surface area contributed by atoms with Gasteiger partial charge in [-0.05, 0) is 49.3 Å². The van der Waals surface area contributed by atoms with Gasteiger partial charge < -0.3 is 10.6 Å². The van der Waals surface area contributed by atoms with Gasteiger partial charge in [0.05, 0.1) is 0 Å². The van der Waals surface area contributed by atoms with Crippen molar-refractivity contribution in [3.8, 4) is 0 Å². The Morgan fingerprint density at radius 3 is 2.75 bits per heavy atom. The zero-order valence-corrected chi connectivity index (χ0v) is 15.9. The summed E-state index contributed by atoms with van der Waals surface area (Å²) >= 11 is 0. The number of fused-ring (bicyclic) bond motifs is 1. The van der Waals surface area contributed by atoms with Crippen LogP contribution < -0.4 is 11.1 Å². The van der Waals surface area contributed by atoms with E-state index in [2.05, 4.69) is 16.3 Å². The van der Waals surface area contributed by atoms with E-state index in [1.54, 1.807) is 4.90 Å². The second-order valence-electron chi connectivity index (χ2n) is 8.81. The highest BCUT2D eigenvalue weighted by Gasteiger charge is 2.48. The van der Waals surface area contributed by atoms with Gasteiger partial charge in [0.2, 0.25) is 11.8 Å². The summed E-state index contributed by atoms with van der Waals surface area (Å²) in [7, 11) is 0. The lowest BCUT2D eigenvalue weighted by molar-refractivity contribution is -0.136. The Kier molecular flexibility index (Phi) is 4.07. The zero-order valence-electron chi connectivity index (χ0n) is 15.9. The van der Waals surface area contributed by atoms with Crippen molar-refractivity contribution in [1.82, 2.24) is 15.1 Å². The molecule has 2 saturated heterocycles. The van der Waals surface area contributed by atoms with Crippen LogP contribution >= 0.6 is 0 Å². The SMILES string of the molecule is NC1CN(Cc2ccc3c(c2)C(=O)N(C2CCC(=O)NC2=O)C3)C2(CCC2)C1. The third-order valence-corrected chi connectivity index (χ3v) is 7.02. The lowest BCUT2D eigenvalue weighted by Gasteiger charge is -2.46. The molecule has 7 heteroatoms. The van der Waals surface area contributed by atoms with E-state index in [-0.39, 0.29) is 35.7 Å². The molecule has 7 nitrogen and oxygen atoms in total. The van der Waals surface area contributed by atoms with E-state index >= 15 is 0 Å². The minimum absolute atomic E-state index is 0.108. The summed E-state index contributed by atoms with van der Waals surface area (Å²) in [5, 5.41) is 2.35. The number of carbonyl (C=O) groups is 3. The molecule has 1 aromatic carbocycles. The third kappa shape index (κ3) is 2.76. The summed E-state index contributed by atoms with van der Waals surface area (Å²) in [4.78, 5) is 40.7. The van der Waals surface area contributed by atoms with E-state index < -0.39 is 6.04 Å². The molecule has 3 amide bonds. The first kappa shape index (κ1) is 17.8. The maximum Gasteiger partial charge on any atom is 0.255 e. The molecule has 3 N–H and O–H groups in total. The van der Waals surface area contributed by atoms with Gasteiger partial charge in [-0.1, -0.05) is 12.1 Å². The molecule has 3 fully saturated rings. The zero-order chi connectivity index (χ0) is 19.5. The summed E-state index contributed by atoms with van der Waals surface area (Å²) in [6.07, 6.45) is 5.44. The highest BCUT2D eigenvalue weighted by Crippen LogP contribution is 2.45. The van der Waals surface area contributed by atoms with Gasteiger partial charge >= 0.3 is 0 Å². The number of hydrogen-bond acceptors (Lipinski definition) is 5. The van der Waals surface area contributed by atoms with Crippen LogP contribution in [0.1, 0.15) is 60.0 Å². The van der Waals surface area contributed by atoms with Gasteiger partial charge in [-0.15, -0.1) is 0 Å². The Hall–Kier alpha value is -2.25. The van der Waals surface area contributed by atoms with Crippen molar-refractivity contribution in [3.63, 3.8) is 0 Å². The number of likely N-dealkylation sites (tertiary alicyclic amines) is 1. The molecule has 1 saturated carbocycles. The van der Waals surface area contributed by atoms with Crippen molar-refractivity contribution in [2.24, 2.45) is 5.73 Å². The Bertz CT molecular complexity index is 863. The van der Waals surface area contributed by atoms with Crippen LogP contribution in [0.5, 0.6) is 0 Å². The van der Waals surface area contributed by atoms with Gasteiger partial charge in [0.15, 0.2) is 0 Å². The van der Waals surface area contributed by atoms with Gasteiger partial charge in [0, 0.05) is 43.2 Å². The molecule has 28 heavy (non-hydrogen) atoms. The molecule has 3 heterocycles. The van der Waals surface area contributed by atoms with Crippen molar-refractivity contribution in [3.05, 3.63) is 34.9 Å². The molecular formula is C21H26N4O3. The lowest BCUT2D eigenvalue weighted by atomic mass is 9.74. The van der Waals surface area contributed by atoms with Crippen LogP contribution in [-0.2, 0) is 22.7 Å². The van der Waals surface area contributed by atoms with Crippen LogP contribution in [0.15, 0.2) is 18.2 Å². The number of benzene rings is 1. The second kappa shape index (κ2) is 6.39. The fourth-order valence-electron chi connectivity index (χ4n) is 5.42. The number of amides is 3. The van der Waals surface area contributed by atoms with Gasteiger partial charge in [-0.2, -0.15) is 0 Å². The van der Waals surface area contributed by atoms with E-state index in [1.165, 1.54) is 19.3 Å². The second-order valence-corrected chi connectivity index (χ2v) is 8.81. The Morgan fingerprint density at radius 2 is 2.04 bits per heavy atom. The Balaban J connectivity index is 1.34. The molecule has 3 aliphatic heterocycles. The van der Waals surface area contributed by atoms with Gasteiger partial charge in [-0.3, -0.25) is 24.6 Å². The molecule has 0 aromatic heterocycles. The minimum atomic E-state index is -0.559. The monoisotopic (exact) mass is 382 g/mol. The maximum absolute atomic E-state index is 13.0. The molecule has 2 unspecified atom stereocenters. The number of carbonyl (C=O) groups excluding carboxylic acids is 3. The molecule has 1 aliphatic carbocycles. The first-order chi connectivity index (χ1) is 13.4. The highest BCUT2D eigenvalue weighted by molar-refractivity contribution is 6.05. The molecule has 1 spiro atoms. The van der Waals surface area contributed by atoms with Crippen LogP contribution in [0.2, 0.25) is 0 Å². The highest BCUT2D eigenvalue weighted by atomic mass is 16.2. The minimum Gasteiger partial charge on any atom is -0.326 e. The molecule has 2 atom stereocenters. The number of nitrogens with one attached hydrogen (secondary N) is 1. The summed E-state index contributed by atoms with van der Waals surface area (Å²) in [6, 6.07) is 5.77. The van der Waals surface area contributed by atoms with Crippen molar-refractivity contribution in [2.75, 3.05) is 6.54 Å². The van der Waals surface area contributed by atoms with E-state index in [0.29, 0.717) is 18.5 Å². The smallest absolute Gasteiger partial charge is 0.255 e. The van der Waals surface area contributed by atoms with E-state index in [1.807, 2.05) is 12.1 Å². The summed E-state index contributed by atoms with van der Waals surface area (Å²) in [6.45, 7) is 2.15. The predicted octanol–water partition coefficient (Wildman–Crippen LogP) is 0.903. The van der Waals surface area contributed by atoms with Crippen molar-refractivity contribution >= 4 is 17.7 Å². The fourth-order valence-corrected chi connectivity index (χ4v) is 5.42. The normalized spacial score (nSPS) is 29.2. The van der Waals surface area contributed by atoms with Gasteiger partial charge in [-0.25, -0.2) is 0 Å². The fraction of sp³-hybridized carbons (Fsp3) is 0.571. The number of rotatable bonds is 3. The summed E-state index contributed by atoms with van der Waals surface area (Å²) < 4.78 is 0. The summed E-state index contributed by atoms with van der Waals surface area (Å²) in [5.41, 5.74) is 9.27. The third-order valence-electron chi connectivity index (χ3n) is 7.02. The topological polar surface area (TPSA) is 95.7 Å². The number of nitrogens with zero attached hydrogens (tertiary/aromatic N) is 2. The molecule has 5 rings (SSSR count). The summed E-state index contributed by atoms with van der Waals surface area (Å²) in [5.74, 6) is -0.736. The van der Waals surface area contributed by atoms with Crippen molar-refractivity contribution < 1.29 is 14.4 Å².